The average Bonchev–Trinajstić information content (AvgIpc) is 3.15. The standard InChI is InChI=1S/C22H19ClF2N4O2S/c1-3-31-20(30)18-12(2)26-21-27-22(32-11-14-6-9-16(25)10-17(14)23)28-29(21)19(18)13-4-7-15(24)8-5-13/h4-10,19H,3,11H2,1-2H3,(H,26,27,28). The Bertz CT molecular complexity index is 1200. The molecule has 0 fully saturated rings. The molecule has 0 saturated carbocycles. The third kappa shape index (κ3) is 4.49. The zero-order chi connectivity index (χ0) is 22.8. The summed E-state index contributed by atoms with van der Waals surface area (Å²) in [6.07, 6.45) is 0. The van der Waals surface area contributed by atoms with Gasteiger partial charge >= 0.3 is 5.97 Å². The highest BCUT2D eigenvalue weighted by Crippen LogP contribution is 2.37. The van der Waals surface area contributed by atoms with Crippen LogP contribution in [0.5, 0.6) is 0 Å². The van der Waals surface area contributed by atoms with Crippen LogP contribution in [0.25, 0.3) is 0 Å². The van der Waals surface area contributed by atoms with E-state index in [4.69, 9.17) is 16.3 Å². The SMILES string of the molecule is CCOC(=O)C1=C(C)Nc2nc(SCc3ccc(F)cc3Cl)nn2C1c1ccc(F)cc1. The highest BCUT2D eigenvalue weighted by Gasteiger charge is 2.35. The monoisotopic (exact) mass is 476 g/mol. The maximum atomic E-state index is 13.5. The molecule has 2 heterocycles. The number of hydrogen-bond acceptors (Lipinski definition) is 6. The van der Waals surface area contributed by atoms with Crippen molar-refractivity contribution in [3.8, 4) is 0 Å². The molecule has 1 aromatic heterocycles. The second-order valence-electron chi connectivity index (χ2n) is 7.03. The Morgan fingerprint density at radius 3 is 2.62 bits per heavy atom. The molecule has 4 rings (SSSR count). The van der Waals surface area contributed by atoms with E-state index in [2.05, 4.69) is 15.4 Å². The molecule has 0 spiro atoms. The van der Waals surface area contributed by atoms with Crippen LogP contribution < -0.4 is 5.32 Å². The molecule has 1 aliphatic heterocycles. The summed E-state index contributed by atoms with van der Waals surface area (Å²) in [7, 11) is 0. The molecule has 6 nitrogen and oxygen atoms in total. The molecule has 1 unspecified atom stereocenters. The summed E-state index contributed by atoms with van der Waals surface area (Å²) < 4.78 is 33.7. The maximum absolute atomic E-state index is 13.5. The predicted molar refractivity (Wildman–Crippen MR) is 118 cm³/mol. The second kappa shape index (κ2) is 9.30. The Hall–Kier alpha value is -2.91. The van der Waals surface area contributed by atoms with E-state index in [0.29, 0.717) is 38.7 Å². The molecular weight excluding hydrogens is 458 g/mol. The lowest BCUT2D eigenvalue weighted by molar-refractivity contribution is -0.139. The number of carbonyl (C=O) groups excluding carboxylic acids is 1. The van der Waals surface area contributed by atoms with Gasteiger partial charge in [0, 0.05) is 16.5 Å². The van der Waals surface area contributed by atoms with E-state index in [1.165, 1.54) is 36.0 Å². The van der Waals surface area contributed by atoms with Gasteiger partial charge in [-0.25, -0.2) is 18.3 Å². The van der Waals surface area contributed by atoms with Crippen molar-refractivity contribution in [2.45, 2.75) is 30.8 Å². The zero-order valence-corrected chi connectivity index (χ0v) is 18.8. The minimum atomic E-state index is -0.637. The summed E-state index contributed by atoms with van der Waals surface area (Å²) in [5.41, 5.74) is 2.36. The van der Waals surface area contributed by atoms with Crippen LogP contribution in [0.4, 0.5) is 14.7 Å². The third-order valence-corrected chi connectivity index (χ3v) is 6.12. The minimum absolute atomic E-state index is 0.218. The van der Waals surface area contributed by atoms with Crippen molar-refractivity contribution >= 4 is 35.3 Å². The van der Waals surface area contributed by atoms with Gasteiger partial charge in [-0.3, -0.25) is 0 Å². The molecular formula is C22H19ClF2N4O2S. The van der Waals surface area contributed by atoms with E-state index in [-0.39, 0.29) is 12.4 Å². The molecule has 1 aliphatic rings. The van der Waals surface area contributed by atoms with E-state index < -0.39 is 17.8 Å². The molecule has 0 aliphatic carbocycles. The van der Waals surface area contributed by atoms with Gasteiger partial charge in [-0.2, -0.15) is 4.98 Å². The number of esters is 1. The summed E-state index contributed by atoms with van der Waals surface area (Å²) in [6.45, 7) is 3.70. The number of carbonyl (C=O) groups is 1. The quantitative estimate of drug-likeness (QED) is 0.382. The first-order chi connectivity index (χ1) is 15.4. The smallest absolute Gasteiger partial charge is 0.338 e. The average molecular weight is 477 g/mol. The van der Waals surface area contributed by atoms with Crippen LogP contribution in [-0.4, -0.2) is 27.3 Å². The van der Waals surface area contributed by atoms with Gasteiger partial charge < -0.3 is 10.1 Å². The van der Waals surface area contributed by atoms with Crippen LogP contribution in [0.15, 0.2) is 58.9 Å². The van der Waals surface area contributed by atoms with E-state index in [0.717, 1.165) is 5.56 Å². The lowest BCUT2D eigenvalue weighted by Gasteiger charge is -2.28. The number of nitrogens with one attached hydrogen (secondary N) is 1. The minimum Gasteiger partial charge on any atom is -0.463 e. The molecule has 1 atom stereocenters. The molecule has 3 aromatic rings. The third-order valence-electron chi connectivity index (χ3n) is 4.89. The van der Waals surface area contributed by atoms with Crippen molar-refractivity contribution < 1.29 is 18.3 Å². The van der Waals surface area contributed by atoms with Crippen LogP contribution in [-0.2, 0) is 15.3 Å². The Balaban J connectivity index is 1.68. The summed E-state index contributed by atoms with van der Waals surface area (Å²) in [6, 6.07) is 9.46. The molecule has 10 heteroatoms. The molecule has 0 radical (unpaired) electrons. The Morgan fingerprint density at radius 1 is 1.22 bits per heavy atom. The van der Waals surface area contributed by atoms with E-state index in [1.54, 1.807) is 36.7 Å². The highest BCUT2D eigenvalue weighted by molar-refractivity contribution is 7.98. The maximum Gasteiger partial charge on any atom is 0.338 e. The first-order valence-electron chi connectivity index (χ1n) is 9.81. The van der Waals surface area contributed by atoms with Crippen molar-refractivity contribution in [1.29, 1.82) is 0 Å². The lowest BCUT2D eigenvalue weighted by Crippen LogP contribution is -2.29. The van der Waals surface area contributed by atoms with E-state index >= 15 is 0 Å². The number of halogens is 3. The second-order valence-corrected chi connectivity index (χ2v) is 8.37. The van der Waals surface area contributed by atoms with Gasteiger partial charge in [0.25, 0.3) is 0 Å². The van der Waals surface area contributed by atoms with E-state index in [9.17, 15) is 13.6 Å². The van der Waals surface area contributed by atoms with Crippen molar-refractivity contribution in [3.63, 3.8) is 0 Å². The number of allylic oxidation sites excluding steroid dienone is 1. The first-order valence-corrected chi connectivity index (χ1v) is 11.2. The first kappa shape index (κ1) is 22.3. The Labute approximate surface area is 192 Å². The fraction of sp³-hybridized carbons (Fsp3) is 0.227. The number of rotatable bonds is 6. The van der Waals surface area contributed by atoms with Gasteiger partial charge in [0.15, 0.2) is 0 Å². The number of ether oxygens (including phenoxy) is 1. The van der Waals surface area contributed by atoms with Gasteiger partial charge in [0.05, 0.1) is 12.2 Å². The number of aromatic nitrogens is 3. The molecule has 2 aromatic carbocycles. The van der Waals surface area contributed by atoms with Crippen molar-refractivity contribution in [2.24, 2.45) is 0 Å². The van der Waals surface area contributed by atoms with Gasteiger partial charge in [-0.15, -0.1) is 5.10 Å². The highest BCUT2D eigenvalue weighted by atomic mass is 35.5. The molecule has 166 valence electrons. The fourth-order valence-electron chi connectivity index (χ4n) is 3.40. The summed E-state index contributed by atoms with van der Waals surface area (Å²) in [5, 5.41) is 8.44. The van der Waals surface area contributed by atoms with Crippen LogP contribution in [0.3, 0.4) is 0 Å². The topological polar surface area (TPSA) is 69.0 Å². The van der Waals surface area contributed by atoms with Gasteiger partial charge in [0.2, 0.25) is 11.1 Å². The van der Waals surface area contributed by atoms with Crippen molar-refractivity contribution in [3.05, 3.63) is 81.5 Å². The Kier molecular flexibility index (Phi) is 6.48. The summed E-state index contributed by atoms with van der Waals surface area (Å²) in [4.78, 5) is 17.3. The lowest BCUT2D eigenvalue weighted by atomic mass is 9.96. The number of anilines is 1. The van der Waals surface area contributed by atoms with Crippen molar-refractivity contribution in [2.75, 3.05) is 11.9 Å². The Morgan fingerprint density at radius 2 is 1.94 bits per heavy atom. The number of benzene rings is 2. The fourth-order valence-corrected chi connectivity index (χ4v) is 4.55. The zero-order valence-electron chi connectivity index (χ0n) is 17.2. The van der Waals surface area contributed by atoms with Crippen LogP contribution in [0, 0.1) is 11.6 Å². The molecule has 32 heavy (non-hydrogen) atoms. The largest absolute Gasteiger partial charge is 0.463 e. The summed E-state index contributed by atoms with van der Waals surface area (Å²) >= 11 is 7.44. The molecule has 0 saturated heterocycles. The number of thioether (sulfide) groups is 1. The normalized spacial score (nSPS) is 15.3. The summed E-state index contributed by atoms with van der Waals surface area (Å²) in [5.74, 6) is -0.398. The number of hydrogen-bond donors (Lipinski definition) is 1. The van der Waals surface area contributed by atoms with Crippen LogP contribution in [0.2, 0.25) is 5.02 Å². The van der Waals surface area contributed by atoms with E-state index in [1.807, 2.05) is 0 Å². The predicted octanol–water partition coefficient (Wildman–Crippen LogP) is 5.35. The molecule has 0 bridgehead atoms. The van der Waals surface area contributed by atoms with Crippen LogP contribution >= 0.6 is 23.4 Å². The van der Waals surface area contributed by atoms with Gasteiger partial charge in [-0.05, 0) is 49.2 Å². The van der Waals surface area contributed by atoms with Gasteiger partial charge in [0.1, 0.15) is 17.7 Å². The van der Waals surface area contributed by atoms with Crippen molar-refractivity contribution in [1.82, 2.24) is 14.8 Å². The molecule has 0 amide bonds. The number of fused-ring (bicyclic) bond motifs is 1. The van der Waals surface area contributed by atoms with Crippen LogP contribution in [0.1, 0.15) is 31.0 Å². The number of nitrogens with zero attached hydrogens (tertiary/aromatic N) is 3. The molecule has 1 N–H and O–H groups in total. The van der Waals surface area contributed by atoms with Gasteiger partial charge in [-0.1, -0.05) is 41.6 Å².